The van der Waals surface area contributed by atoms with Crippen LogP contribution >= 0.6 is 11.6 Å². The number of ether oxygens (including phenoxy) is 1. The molecule has 1 saturated carbocycles. The lowest BCUT2D eigenvalue weighted by molar-refractivity contribution is -0.141. The van der Waals surface area contributed by atoms with E-state index in [9.17, 15) is 9.59 Å². The third kappa shape index (κ3) is 3.48. The lowest BCUT2D eigenvalue weighted by Gasteiger charge is -2.35. The van der Waals surface area contributed by atoms with Gasteiger partial charge in [0.2, 0.25) is 5.91 Å². The third-order valence-corrected chi connectivity index (χ3v) is 5.42. The zero-order valence-electron chi connectivity index (χ0n) is 15.4. The van der Waals surface area contributed by atoms with Crippen molar-refractivity contribution in [3.8, 4) is 0 Å². The van der Waals surface area contributed by atoms with Crippen LogP contribution in [0.1, 0.15) is 38.1 Å². The molecule has 1 aliphatic rings. The minimum absolute atomic E-state index is 0.0746. The predicted molar refractivity (Wildman–Crippen MR) is 101 cm³/mol. The van der Waals surface area contributed by atoms with Crippen LogP contribution in [0.5, 0.6) is 0 Å². The first-order chi connectivity index (χ1) is 12.4. The number of amides is 1. The summed E-state index contributed by atoms with van der Waals surface area (Å²) < 4.78 is 6.69. The topological polar surface area (TPSA) is 64.4 Å². The summed E-state index contributed by atoms with van der Waals surface area (Å²) in [7, 11) is 3.30. The number of hydrogen-bond donors (Lipinski definition) is 0. The van der Waals surface area contributed by atoms with E-state index in [-0.39, 0.29) is 23.4 Å². The Morgan fingerprint density at radius 1 is 1.46 bits per heavy atom. The number of aromatic nitrogens is 2. The second-order valence-corrected chi connectivity index (χ2v) is 7.26. The van der Waals surface area contributed by atoms with Gasteiger partial charge in [-0.1, -0.05) is 18.0 Å². The quantitative estimate of drug-likeness (QED) is 0.776. The van der Waals surface area contributed by atoms with Gasteiger partial charge in [-0.2, -0.15) is 0 Å². The van der Waals surface area contributed by atoms with Crippen molar-refractivity contribution >= 4 is 28.4 Å². The highest BCUT2D eigenvalue weighted by Crippen LogP contribution is 2.31. The van der Waals surface area contributed by atoms with Crippen LogP contribution in [0.2, 0.25) is 5.02 Å². The largest absolute Gasteiger partial charge is 0.383 e. The monoisotopic (exact) mass is 377 g/mol. The molecule has 1 aromatic heterocycles. The summed E-state index contributed by atoms with van der Waals surface area (Å²) in [6, 6.07) is 4.76. The average molecular weight is 378 g/mol. The zero-order chi connectivity index (χ0) is 18.8. The van der Waals surface area contributed by atoms with E-state index in [4.69, 9.17) is 16.3 Å². The Hall–Kier alpha value is -1.92. The lowest BCUT2D eigenvalue weighted by atomic mass is 9.84. The molecule has 1 aliphatic carbocycles. The smallest absolute Gasteiger partial charge is 0.261 e. The Labute approximate surface area is 157 Å². The van der Waals surface area contributed by atoms with Crippen LogP contribution in [-0.4, -0.2) is 40.6 Å². The van der Waals surface area contributed by atoms with Gasteiger partial charge in [0.15, 0.2) is 0 Å². The van der Waals surface area contributed by atoms with Crippen LogP contribution in [0.3, 0.4) is 0 Å². The van der Waals surface area contributed by atoms with Crippen molar-refractivity contribution in [2.75, 3.05) is 20.3 Å². The summed E-state index contributed by atoms with van der Waals surface area (Å²) in [5.74, 6) is 0.755. The Morgan fingerprint density at radius 2 is 2.19 bits per heavy atom. The normalized spacial score (nSPS) is 15.7. The van der Waals surface area contributed by atoms with Crippen LogP contribution in [0.4, 0.5) is 0 Å². The molecule has 0 saturated heterocycles. The van der Waals surface area contributed by atoms with Gasteiger partial charge in [0, 0.05) is 31.6 Å². The first-order valence-corrected chi connectivity index (χ1v) is 9.27. The molecule has 6 nitrogen and oxygen atoms in total. The second-order valence-electron chi connectivity index (χ2n) is 6.82. The number of carbonyl (C=O) groups excluding carboxylic acids is 1. The molecule has 0 bridgehead atoms. The van der Waals surface area contributed by atoms with E-state index < -0.39 is 0 Å². The van der Waals surface area contributed by atoms with Gasteiger partial charge in [0.05, 0.1) is 23.6 Å². The summed E-state index contributed by atoms with van der Waals surface area (Å²) >= 11 is 6.01. The molecule has 140 valence electrons. The molecule has 26 heavy (non-hydrogen) atoms. The molecule has 0 spiro atoms. The Balaban J connectivity index is 2.01. The molecule has 2 aromatic rings. The molecular formula is C19H24ClN3O3. The summed E-state index contributed by atoms with van der Waals surface area (Å²) in [6.07, 6.45) is 2.95. The maximum Gasteiger partial charge on any atom is 0.261 e. The van der Waals surface area contributed by atoms with E-state index in [2.05, 4.69) is 4.98 Å². The summed E-state index contributed by atoms with van der Waals surface area (Å²) in [4.78, 5) is 32.1. The van der Waals surface area contributed by atoms with Crippen LogP contribution in [-0.2, 0) is 16.6 Å². The van der Waals surface area contributed by atoms with Crippen molar-refractivity contribution in [3.05, 3.63) is 39.4 Å². The maximum atomic E-state index is 12.9. The molecule has 0 aliphatic heterocycles. The van der Waals surface area contributed by atoms with E-state index in [1.165, 1.54) is 4.57 Å². The SMILES string of the molecule is COCCN(C(=O)C1CCC1)C(C)c1nc2ccc(Cl)cc2c(=O)n1C. The number of fused-ring (bicyclic) bond motifs is 1. The number of nitrogens with zero attached hydrogens (tertiary/aromatic N) is 3. The number of carbonyl (C=O) groups is 1. The molecule has 1 amide bonds. The van der Waals surface area contributed by atoms with Crippen molar-refractivity contribution in [3.63, 3.8) is 0 Å². The highest BCUT2D eigenvalue weighted by atomic mass is 35.5. The molecule has 0 N–H and O–H groups in total. The molecule has 1 heterocycles. The lowest BCUT2D eigenvalue weighted by Crippen LogP contribution is -2.43. The van der Waals surface area contributed by atoms with Crippen LogP contribution in [0, 0.1) is 5.92 Å². The molecule has 0 radical (unpaired) electrons. The maximum absolute atomic E-state index is 12.9. The van der Waals surface area contributed by atoms with E-state index in [1.54, 1.807) is 37.3 Å². The predicted octanol–water partition coefficient (Wildman–Crippen LogP) is 2.92. The van der Waals surface area contributed by atoms with Gasteiger partial charge in [-0.25, -0.2) is 4.98 Å². The first-order valence-electron chi connectivity index (χ1n) is 8.89. The Morgan fingerprint density at radius 3 is 2.81 bits per heavy atom. The second kappa shape index (κ2) is 7.76. The average Bonchev–Trinajstić information content (AvgIpc) is 2.57. The van der Waals surface area contributed by atoms with Gasteiger partial charge in [0.1, 0.15) is 5.82 Å². The highest BCUT2D eigenvalue weighted by Gasteiger charge is 2.33. The minimum atomic E-state index is -0.323. The minimum Gasteiger partial charge on any atom is -0.383 e. The van der Waals surface area contributed by atoms with Crippen molar-refractivity contribution in [2.45, 2.75) is 32.2 Å². The third-order valence-electron chi connectivity index (χ3n) is 5.19. The Bertz CT molecular complexity index is 876. The van der Waals surface area contributed by atoms with Crippen molar-refractivity contribution < 1.29 is 9.53 Å². The summed E-state index contributed by atoms with van der Waals surface area (Å²) in [5, 5.41) is 0.976. The van der Waals surface area contributed by atoms with E-state index in [0.717, 1.165) is 19.3 Å². The fourth-order valence-corrected chi connectivity index (χ4v) is 3.52. The van der Waals surface area contributed by atoms with Gasteiger partial charge in [-0.3, -0.25) is 14.2 Å². The van der Waals surface area contributed by atoms with Gasteiger partial charge in [-0.15, -0.1) is 0 Å². The van der Waals surface area contributed by atoms with Gasteiger partial charge in [-0.05, 0) is 38.0 Å². The van der Waals surface area contributed by atoms with E-state index in [1.807, 2.05) is 6.92 Å². The molecule has 1 aromatic carbocycles. The highest BCUT2D eigenvalue weighted by molar-refractivity contribution is 6.31. The van der Waals surface area contributed by atoms with Crippen molar-refractivity contribution in [2.24, 2.45) is 13.0 Å². The number of rotatable bonds is 6. The van der Waals surface area contributed by atoms with Gasteiger partial charge >= 0.3 is 0 Å². The fourth-order valence-electron chi connectivity index (χ4n) is 3.35. The van der Waals surface area contributed by atoms with E-state index in [0.29, 0.717) is 34.9 Å². The standard InChI is InChI=1S/C19H24ClN3O3/c1-12(23(9-10-26-3)18(24)13-5-4-6-13)17-21-16-8-7-14(20)11-15(16)19(25)22(17)2/h7-8,11-13H,4-6,9-10H2,1-3H3. The van der Waals surface area contributed by atoms with Gasteiger partial charge < -0.3 is 9.64 Å². The Kier molecular flexibility index (Phi) is 5.63. The summed E-state index contributed by atoms with van der Waals surface area (Å²) in [5.41, 5.74) is 0.421. The van der Waals surface area contributed by atoms with Gasteiger partial charge in [0.25, 0.3) is 5.56 Å². The van der Waals surface area contributed by atoms with Crippen molar-refractivity contribution in [1.82, 2.24) is 14.5 Å². The van der Waals surface area contributed by atoms with Crippen LogP contribution in [0.15, 0.2) is 23.0 Å². The molecular weight excluding hydrogens is 354 g/mol. The number of halogens is 1. The summed E-state index contributed by atoms with van der Waals surface area (Å²) in [6.45, 7) is 2.83. The molecule has 1 unspecified atom stereocenters. The molecule has 1 atom stereocenters. The van der Waals surface area contributed by atoms with Crippen LogP contribution in [0.25, 0.3) is 10.9 Å². The first kappa shape index (κ1) is 18.9. The number of hydrogen-bond acceptors (Lipinski definition) is 4. The fraction of sp³-hybridized carbons (Fsp3) is 0.526. The number of methoxy groups -OCH3 is 1. The molecule has 1 fully saturated rings. The van der Waals surface area contributed by atoms with E-state index >= 15 is 0 Å². The number of benzene rings is 1. The zero-order valence-corrected chi connectivity index (χ0v) is 16.1. The molecule has 7 heteroatoms. The van der Waals surface area contributed by atoms with Crippen molar-refractivity contribution in [1.29, 1.82) is 0 Å². The van der Waals surface area contributed by atoms with Crippen LogP contribution < -0.4 is 5.56 Å². The molecule has 3 rings (SSSR count).